The lowest BCUT2D eigenvalue weighted by molar-refractivity contribution is 0.243. The van der Waals surface area contributed by atoms with Gasteiger partial charge in [0, 0.05) is 29.7 Å². The Morgan fingerprint density at radius 2 is 1.83 bits per heavy atom. The largest absolute Gasteiger partial charge is 0.355 e. The van der Waals surface area contributed by atoms with Gasteiger partial charge >= 0.3 is 6.03 Å². The fourth-order valence-corrected chi connectivity index (χ4v) is 2.88. The minimum absolute atomic E-state index is 0.178. The number of carbonyl (C=O) groups excluding carboxylic acids is 1. The van der Waals surface area contributed by atoms with E-state index in [1.165, 1.54) is 12.3 Å². The maximum absolute atomic E-state index is 12.2. The Morgan fingerprint density at radius 3 is 2.50 bits per heavy atom. The molecule has 2 amide bonds. The molecule has 0 saturated heterocycles. The van der Waals surface area contributed by atoms with Crippen molar-refractivity contribution in [3.05, 3.63) is 48.2 Å². The molecule has 0 spiro atoms. The van der Waals surface area contributed by atoms with Gasteiger partial charge < -0.3 is 10.6 Å². The summed E-state index contributed by atoms with van der Waals surface area (Å²) in [5, 5.41) is 5.33. The summed E-state index contributed by atoms with van der Waals surface area (Å²) in [6.07, 6.45) is 1.37. The molecule has 3 N–H and O–H groups in total. The van der Waals surface area contributed by atoms with Gasteiger partial charge in [-0.15, -0.1) is 0 Å². The molecular formula is C16H20N4O3S. The van der Waals surface area contributed by atoms with Gasteiger partial charge in [0.05, 0.1) is 0 Å². The molecule has 24 heavy (non-hydrogen) atoms. The predicted molar refractivity (Wildman–Crippen MR) is 92.7 cm³/mol. The average Bonchev–Trinajstić information content (AvgIpc) is 2.46. The van der Waals surface area contributed by atoms with E-state index in [4.69, 9.17) is 0 Å². The van der Waals surface area contributed by atoms with Gasteiger partial charge in [0.25, 0.3) is 10.0 Å². The van der Waals surface area contributed by atoms with E-state index in [0.717, 1.165) is 11.3 Å². The van der Waals surface area contributed by atoms with Crippen LogP contribution in [0.5, 0.6) is 0 Å². The number of aryl methyl sites for hydroxylation is 1. The summed E-state index contributed by atoms with van der Waals surface area (Å²) in [6.45, 7) is 5.43. The number of nitrogens with one attached hydrogen (secondary N) is 3. The highest BCUT2D eigenvalue weighted by atomic mass is 32.2. The van der Waals surface area contributed by atoms with E-state index in [9.17, 15) is 13.2 Å². The van der Waals surface area contributed by atoms with Crippen molar-refractivity contribution in [2.75, 3.05) is 5.32 Å². The standard InChI is InChI=1S/C16H20N4O3S/c1-11(2)18-16(21)20-24(22,23)15-10-14(7-8-17-15)19-13-6-4-5-12(3)9-13/h4-11H,1-3H3,(H,17,19)(H2,18,20,21). The highest BCUT2D eigenvalue weighted by molar-refractivity contribution is 7.90. The number of hydrogen-bond acceptors (Lipinski definition) is 5. The van der Waals surface area contributed by atoms with E-state index in [1.54, 1.807) is 19.9 Å². The van der Waals surface area contributed by atoms with Crippen molar-refractivity contribution < 1.29 is 13.2 Å². The van der Waals surface area contributed by atoms with Gasteiger partial charge in [-0.2, -0.15) is 8.42 Å². The number of benzene rings is 1. The number of urea groups is 1. The van der Waals surface area contributed by atoms with E-state index in [2.05, 4.69) is 15.6 Å². The highest BCUT2D eigenvalue weighted by Gasteiger charge is 2.19. The third kappa shape index (κ3) is 4.95. The van der Waals surface area contributed by atoms with E-state index in [-0.39, 0.29) is 11.1 Å². The van der Waals surface area contributed by atoms with Crippen LogP contribution in [0.2, 0.25) is 0 Å². The zero-order valence-electron chi connectivity index (χ0n) is 13.7. The van der Waals surface area contributed by atoms with Crippen LogP contribution in [-0.4, -0.2) is 25.5 Å². The van der Waals surface area contributed by atoms with E-state index >= 15 is 0 Å². The maximum Gasteiger partial charge on any atom is 0.328 e. The number of aromatic nitrogens is 1. The Labute approximate surface area is 141 Å². The molecule has 7 nitrogen and oxygen atoms in total. The fourth-order valence-electron chi connectivity index (χ4n) is 1.99. The number of pyridine rings is 1. The number of amides is 2. The minimum atomic E-state index is -4.04. The number of sulfonamides is 1. The van der Waals surface area contributed by atoms with Crippen LogP contribution in [0.15, 0.2) is 47.6 Å². The molecule has 0 radical (unpaired) electrons. The molecule has 0 fully saturated rings. The SMILES string of the molecule is Cc1cccc(Nc2ccnc(S(=O)(=O)NC(=O)NC(C)C)c2)c1. The third-order valence-corrected chi connectivity index (χ3v) is 4.19. The number of hydrogen-bond donors (Lipinski definition) is 3. The summed E-state index contributed by atoms with van der Waals surface area (Å²) in [5.74, 6) is 0. The van der Waals surface area contributed by atoms with Crippen LogP contribution in [0, 0.1) is 6.92 Å². The second kappa shape index (κ2) is 7.31. The normalized spacial score (nSPS) is 11.2. The molecule has 1 heterocycles. The second-order valence-electron chi connectivity index (χ2n) is 5.61. The first-order chi connectivity index (χ1) is 11.3. The number of rotatable bonds is 5. The van der Waals surface area contributed by atoms with E-state index in [1.807, 2.05) is 35.9 Å². The van der Waals surface area contributed by atoms with Crippen molar-refractivity contribution in [2.24, 2.45) is 0 Å². The van der Waals surface area contributed by atoms with Gasteiger partial charge in [0.2, 0.25) is 0 Å². The molecule has 0 bridgehead atoms. The number of carbonyl (C=O) groups is 1. The zero-order chi connectivity index (χ0) is 17.7. The number of nitrogens with zero attached hydrogens (tertiary/aromatic N) is 1. The van der Waals surface area contributed by atoms with E-state index in [0.29, 0.717) is 5.69 Å². The van der Waals surface area contributed by atoms with Crippen molar-refractivity contribution in [2.45, 2.75) is 31.8 Å². The molecule has 0 atom stereocenters. The highest BCUT2D eigenvalue weighted by Crippen LogP contribution is 2.19. The van der Waals surface area contributed by atoms with Gasteiger partial charge in [0.1, 0.15) is 0 Å². The van der Waals surface area contributed by atoms with Gasteiger partial charge in [-0.3, -0.25) is 0 Å². The summed E-state index contributed by atoms with van der Waals surface area (Å²) in [6, 6.07) is 9.72. The molecule has 128 valence electrons. The first-order valence-corrected chi connectivity index (χ1v) is 8.87. The molecule has 2 rings (SSSR count). The lowest BCUT2D eigenvalue weighted by Crippen LogP contribution is -2.42. The molecule has 1 aromatic heterocycles. The zero-order valence-corrected chi connectivity index (χ0v) is 14.5. The molecule has 1 aromatic carbocycles. The summed E-state index contributed by atoms with van der Waals surface area (Å²) in [5.41, 5.74) is 2.46. The minimum Gasteiger partial charge on any atom is -0.355 e. The topological polar surface area (TPSA) is 100 Å². The van der Waals surface area contributed by atoms with Crippen molar-refractivity contribution in [3.63, 3.8) is 0 Å². The third-order valence-electron chi connectivity index (χ3n) is 2.96. The fraction of sp³-hybridized carbons (Fsp3) is 0.250. The average molecular weight is 348 g/mol. The van der Waals surface area contributed by atoms with Crippen LogP contribution in [0.25, 0.3) is 0 Å². The van der Waals surface area contributed by atoms with Crippen molar-refractivity contribution >= 4 is 27.4 Å². The predicted octanol–water partition coefficient (Wildman–Crippen LogP) is 2.53. The van der Waals surface area contributed by atoms with Gasteiger partial charge in [0.15, 0.2) is 5.03 Å². The van der Waals surface area contributed by atoms with Gasteiger partial charge in [-0.25, -0.2) is 14.5 Å². The summed E-state index contributed by atoms with van der Waals surface area (Å²) < 4.78 is 26.4. The Balaban J connectivity index is 2.18. The Kier molecular flexibility index (Phi) is 5.40. The Morgan fingerprint density at radius 1 is 1.12 bits per heavy atom. The summed E-state index contributed by atoms with van der Waals surface area (Å²) in [7, 11) is -4.04. The van der Waals surface area contributed by atoms with Gasteiger partial charge in [-0.05, 0) is 44.5 Å². The Bertz CT molecular complexity index is 835. The second-order valence-corrected chi connectivity index (χ2v) is 7.24. The number of anilines is 2. The van der Waals surface area contributed by atoms with Crippen LogP contribution in [0.3, 0.4) is 0 Å². The van der Waals surface area contributed by atoms with Crippen molar-refractivity contribution in [1.82, 2.24) is 15.0 Å². The Hall–Kier alpha value is -2.61. The maximum atomic E-state index is 12.2. The molecular weight excluding hydrogens is 328 g/mol. The first kappa shape index (κ1) is 17.7. The van der Waals surface area contributed by atoms with E-state index < -0.39 is 16.1 Å². The lowest BCUT2D eigenvalue weighted by atomic mass is 10.2. The molecule has 0 aliphatic rings. The van der Waals surface area contributed by atoms with Crippen LogP contribution in [0.1, 0.15) is 19.4 Å². The molecule has 0 aliphatic heterocycles. The van der Waals surface area contributed by atoms with Crippen LogP contribution in [0.4, 0.5) is 16.2 Å². The lowest BCUT2D eigenvalue weighted by Gasteiger charge is -2.11. The molecule has 8 heteroatoms. The quantitative estimate of drug-likeness (QED) is 0.771. The molecule has 0 aliphatic carbocycles. The van der Waals surface area contributed by atoms with Crippen molar-refractivity contribution in [3.8, 4) is 0 Å². The van der Waals surface area contributed by atoms with Crippen LogP contribution < -0.4 is 15.4 Å². The molecule has 0 saturated carbocycles. The monoisotopic (exact) mass is 348 g/mol. The van der Waals surface area contributed by atoms with Gasteiger partial charge in [-0.1, -0.05) is 12.1 Å². The molecule has 2 aromatic rings. The summed E-state index contributed by atoms with van der Waals surface area (Å²) in [4.78, 5) is 15.4. The molecule has 0 unspecified atom stereocenters. The first-order valence-electron chi connectivity index (χ1n) is 7.39. The van der Waals surface area contributed by atoms with Crippen molar-refractivity contribution in [1.29, 1.82) is 0 Å². The smallest absolute Gasteiger partial charge is 0.328 e. The summed E-state index contributed by atoms with van der Waals surface area (Å²) >= 11 is 0. The van der Waals surface area contributed by atoms with Crippen LogP contribution >= 0.6 is 0 Å². The van der Waals surface area contributed by atoms with Crippen LogP contribution in [-0.2, 0) is 10.0 Å².